The van der Waals surface area contributed by atoms with Crippen LogP contribution in [-0.4, -0.2) is 19.4 Å². The summed E-state index contributed by atoms with van der Waals surface area (Å²) >= 11 is 0. The van der Waals surface area contributed by atoms with Crippen LogP contribution in [0.5, 0.6) is 11.5 Å². The third kappa shape index (κ3) is 6.12. The van der Waals surface area contributed by atoms with E-state index in [-0.39, 0.29) is 0 Å². The Balaban J connectivity index is 1.53. The molecule has 0 bridgehead atoms. The molecule has 3 aromatic rings. The average Bonchev–Trinajstić information content (AvgIpc) is 2.78. The highest BCUT2D eigenvalue weighted by Gasteiger charge is 2.06. The van der Waals surface area contributed by atoms with E-state index in [1.165, 1.54) is 7.11 Å². The Morgan fingerprint density at radius 2 is 1.45 bits per heavy atom. The zero-order valence-corrected chi connectivity index (χ0v) is 16.2. The molecule has 0 aliphatic carbocycles. The summed E-state index contributed by atoms with van der Waals surface area (Å²) in [6.07, 6.45) is 0.406. The van der Waals surface area contributed by atoms with Crippen LogP contribution in [0.4, 0.5) is 0 Å². The van der Waals surface area contributed by atoms with E-state index >= 15 is 0 Å². The van der Waals surface area contributed by atoms with Crippen LogP contribution in [0, 0.1) is 11.3 Å². The normalized spacial score (nSPS) is 10.8. The van der Waals surface area contributed by atoms with Gasteiger partial charge >= 0.3 is 0 Å². The lowest BCUT2D eigenvalue weighted by atomic mass is 10.1. The molecule has 0 aromatic heterocycles. The fraction of sp³-hybridized carbons (Fsp3) is 0.167. The van der Waals surface area contributed by atoms with Gasteiger partial charge in [-0.25, -0.2) is 0 Å². The second-order valence-corrected chi connectivity index (χ2v) is 6.29. The highest BCUT2D eigenvalue weighted by atomic mass is 16.6. The Hall–Kier alpha value is -3.78. The van der Waals surface area contributed by atoms with Crippen molar-refractivity contribution < 1.29 is 14.3 Å². The van der Waals surface area contributed by atoms with Gasteiger partial charge in [0.05, 0.1) is 12.5 Å². The lowest BCUT2D eigenvalue weighted by molar-refractivity contribution is 0.210. The molecular formula is C24H22N2O3. The van der Waals surface area contributed by atoms with Gasteiger partial charge in [-0.15, -0.1) is 0 Å². The summed E-state index contributed by atoms with van der Waals surface area (Å²) in [5.74, 6) is 1.52. The van der Waals surface area contributed by atoms with Gasteiger partial charge in [-0.05, 0) is 35.4 Å². The maximum Gasteiger partial charge on any atom is 0.134 e. The molecule has 0 heterocycles. The van der Waals surface area contributed by atoms with Crippen LogP contribution in [0.3, 0.4) is 0 Å². The smallest absolute Gasteiger partial charge is 0.134 e. The van der Waals surface area contributed by atoms with Gasteiger partial charge in [0.1, 0.15) is 37.5 Å². The molecule has 0 saturated heterocycles. The molecule has 0 unspecified atom stereocenters. The first kappa shape index (κ1) is 20.0. The predicted octanol–water partition coefficient (Wildman–Crippen LogP) is 4.76. The second-order valence-electron chi connectivity index (χ2n) is 6.29. The molecule has 3 aromatic carbocycles. The summed E-state index contributed by atoms with van der Waals surface area (Å²) in [4.78, 5) is 4.94. The van der Waals surface area contributed by atoms with E-state index in [0.29, 0.717) is 19.6 Å². The maximum atomic E-state index is 8.71. The first-order valence-corrected chi connectivity index (χ1v) is 9.24. The van der Waals surface area contributed by atoms with Crippen molar-refractivity contribution in [3.8, 4) is 17.6 Å². The SMILES string of the molecule is CO/N=C(\COc1ccc(COc2ccc(CC#N)cc2)cc1)c1ccccc1. The molecule has 0 spiro atoms. The van der Waals surface area contributed by atoms with Gasteiger partial charge in [-0.1, -0.05) is 59.8 Å². The number of rotatable bonds is 9. The minimum absolute atomic E-state index is 0.308. The monoisotopic (exact) mass is 386 g/mol. The van der Waals surface area contributed by atoms with E-state index in [1.54, 1.807) is 0 Å². The number of ether oxygens (including phenoxy) is 2. The average molecular weight is 386 g/mol. The van der Waals surface area contributed by atoms with Crippen molar-refractivity contribution in [1.29, 1.82) is 5.26 Å². The fourth-order valence-electron chi connectivity index (χ4n) is 2.70. The quantitative estimate of drug-likeness (QED) is 0.393. The molecule has 0 aliphatic rings. The summed E-state index contributed by atoms with van der Waals surface area (Å²) in [5, 5.41) is 12.8. The van der Waals surface area contributed by atoms with Crippen molar-refractivity contribution in [2.45, 2.75) is 13.0 Å². The lowest BCUT2D eigenvalue weighted by Gasteiger charge is -2.10. The molecule has 146 valence electrons. The van der Waals surface area contributed by atoms with Crippen LogP contribution in [0.25, 0.3) is 0 Å². The van der Waals surface area contributed by atoms with Crippen molar-refractivity contribution >= 4 is 5.71 Å². The largest absolute Gasteiger partial charge is 0.489 e. The van der Waals surface area contributed by atoms with E-state index in [2.05, 4.69) is 11.2 Å². The van der Waals surface area contributed by atoms with E-state index in [9.17, 15) is 0 Å². The van der Waals surface area contributed by atoms with E-state index < -0.39 is 0 Å². The van der Waals surface area contributed by atoms with Gasteiger partial charge in [0.2, 0.25) is 0 Å². The van der Waals surface area contributed by atoms with Crippen molar-refractivity contribution in [3.05, 3.63) is 95.6 Å². The molecule has 5 nitrogen and oxygen atoms in total. The van der Waals surface area contributed by atoms with Crippen LogP contribution in [-0.2, 0) is 17.9 Å². The predicted molar refractivity (Wildman–Crippen MR) is 112 cm³/mol. The number of hydrogen-bond donors (Lipinski definition) is 0. The zero-order valence-electron chi connectivity index (χ0n) is 16.2. The van der Waals surface area contributed by atoms with E-state index in [0.717, 1.165) is 33.9 Å². The summed E-state index contributed by atoms with van der Waals surface area (Å²) in [6.45, 7) is 0.765. The van der Waals surface area contributed by atoms with Crippen molar-refractivity contribution in [2.24, 2.45) is 5.16 Å². The topological polar surface area (TPSA) is 63.8 Å². The van der Waals surface area contributed by atoms with Gasteiger partial charge in [-0.3, -0.25) is 0 Å². The molecule has 0 saturated carbocycles. The summed E-state index contributed by atoms with van der Waals surface area (Å²) in [5.41, 5.74) is 3.70. The third-order valence-electron chi connectivity index (χ3n) is 4.22. The third-order valence-corrected chi connectivity index (χ3v) is 4.22. The van der Waals surface area contributed by atoms with E-state index in [1.807, 2.05) is 78.9 Å². The minimum Gasteiger partial charge on any atom is -0.489 e. The number of oxime groups is 1. The van der Waals surface area contributed by atoms with Gasteiger partial charge in [-0.2, -0.15) is 5.26 Å². The standard InChI is InChI=1S/C24H22N2O3/c1-27-26-24(21-5-3-2-4-6-21)18-29-23-13-9-20(10-14-23)17-28-22-11-7-19(8-12-22)15-16-25/h2-14H,15,17-18H2,1H3/b26-24+. The first-order chi connectivity index (χ1) is 14.3. The van der Waals surface area contributed by atoms with Gasteiger partial charge in [0.25, 0.3) is 0 Å². The minimum atomic E-state index is 0.308. The molecule has 29 heavy (non-hydrogen) atoms. The Kier molecular flexibility index (Phi) is 7.25. The maximum absolute atomic E-state index is 8.71. The van der Waals surface area contributed by atoms with Crippen LogP contribution >= 0.6 is 0 Å². The van der Waals surface area contributed by atoms with Crippen LogP contribution in [0.2, 0.25) is 0 Å². The molecule has 0 amide bonds. The first-order valence-electron chi connectivity index (χ1n) is 9.24. The zero-order chi connectivity index (χ0) is 20.3. The summed E-state index contributed by atoms with van der Waals surface area (Å²) in [6, 6.07) is 27.2. The number of hydrogen-bond acceptors (Lipinski definition) is 5. The van der Waals surface area contributed by atoms with E-state index in [4.69, 9.17) is 19.6 Å². The Bertz CT molecular complexity index is 960. The highest BCUT2D eigenvalue weighted by Crippen LogP contribution is 2.17. The Morgan fingerprint density at radius 3 is 2.07 bits per heavy atom. The molecule has 5 heteroatoms. The molecule has 0 N–H and O–H groups in total. The number of nitrogens with zero attached hydrogens (tertiary/aromatic N) is 2. The molecule has 0 atom stereocenters. The Morgan fingerprint density at radius 1 is 0.828 bits per heavy atom. The van der Waals surface area contributed by atoms with Crippen molar-refractivity contribution in [2.75, 3.05) is 13.7 Å². The van der Waals surface area contributed by atoms with Crippen LogP contribution in [0.1, 0.15) is 16.7 Å². The lowest BCUT2D eigenvalue weighted by Crippen LogP contribution is -2.13. The van der Waals surface area contributed by atoms with Crippen LogP contribution in [0.15, 0.2) is 84.0 Å². The van der Waals surface area contributed by atoms with Gasteiger partial charge < -0.3 is 14.3 Å². The number of nitriles is 1. The second kappa shape index (κ2) is 10.5. The summed E-state index contributed by atoms with van der Waals surface area (Å²) in [7, 11) is 1.52. The molecular weight excluding hydrogens is 364 g/mol. The van der Waals surface area contributed by atoms with Gasteiger partial charge in [0, 0.05) is 5.56 Å². The Labute approximate surface area is 170 Å². The fourth-order valence-corrected chi connectivity index (χ4v) is 2.70. The number of benzene rings is 3. The van der Waals surface area contributed by atoms with Crippen molar-refractivity contribution in [1.82, 2.24) is 0 Å². The molecule has 0 radical (unpaired) electrons. The molecule has 0 fully saturated rings. The van der Waals surface area contributed by atoms with Crippen LogP contribution < -0.4 is 9.47 Å². The van der Waals surface area contributed by atoms with Gasteiger partial charge in [0.15, 0.2) is 0 Å². The highest BCUT2D eigenvalue weighted by molar-refractivity contribution is 6.01. The summed E-state index contributed by atoms with van der Waals surface area (Å²) < 4.78 is 11.6. The van der Waals surface area contributed by atoms with Crippen molar-refractivity contribution in [3.63, 3.8) is 0 Å². The molecule has 0 aliphatic heterocycles. The molecule has 3 rings (SSSR count).